The average molecular weight is 291 g/mol. The molecule has 0 aliphatic heterocycles. The highest BCUT2D eigenvalue weighted by molar-refractivity contribution is 6.31. The summed E-state index contributed by atoms with van der Waals surface area (Å²) in [5.74, 6) is 1.52. The van der Waals surface area contributed by atoms with E-state index in [0.717, 1.165) is 34.1 Å². The topological polar surface area (TPSA) is 29.5 Å². The van der Waals surface area contributed by atoms with Crippen LogP contribution in [0.1, 0.15) is 37.5 Å². The van der Waals surface area contributed by atoms with Gasteiger partial charge in [-0.05, 0) is 54.3 Å². The standard InChI is InChI=1S/C17H19ClO2/c1-3-12-11-15(9-10-16(12)18)20-14-7-5-13(6-8-14)17(19)4-2/h5-11,17,19H,3-4H2,1-2H3/t17-/m0/s1. The number of aliphatic hydroxyl groups is 1. The van der Waals surface area contributed by atoms with Crippen LogP contribution >= 0.6 is 11.6 Å². The van der Waals surface area contributed by atoms with E-state index in [4.69, 9.17) is 16.3 Å². The molecule has 2 rings (SSSR count). The zero-order chi connectivity index (χ0) is 14.5. The maximum Gasteiger partial charge on any atom is 0.127 e. The molecule has 0 bridgehead atoms. The maximum atomic E-state index is 9.75. The van der Waals surface area contributed by atoms with Crippen molar-refractivity contribution in [1.82, 2.24) is 0 Å². The lowest BCUT2D eigenvalue weighted by atomic mass is 10.1. The molecule has 2 aromatic carbocycles. The fourth-order valence-electron chi connectivity index (χ4n) is 2.02. The predicted octanol–water partition coefficient (Wildman–Crippen LogP) is 5.14. The van der Waals surface area contributed by atoms with Crippen molar-refractivity contribution in [2.45, 2.75) is 32.8 Å². The zero-order valence-electron chi connectivity index (χ0n) is 11.8. The molecule has 0 amide bonds. The lowest BCUT2D eigenvalue weighted by Gasteiger charge is -2.11. The summed E-state index contributed by atoms with van der Waals surface area (Å²) < 4.78 is 5.80. The molecule has 2 nitrogen and oxygen atoms in total. The maximum absolute atomic E-state index is 9.75. The highest BCUT2D eigenvalue weighted by Gasteiger charge is 2.06. The number of benzene rings is 2. The first-order valence-electron chi connectivity index (χ1n) is 6.88. The van der Waals surface area contributed by atoms with Gasteiger partial charge in [0, 0.05) is 5.02 Å². The van der Waals surface area contributed by atoms with Gasteiger partial charge in [0.2, 0.25) is 0 Å². The molecule has 0 spiro atoms. The van der Waals surface area contributed by atoms with Crippen LogP contribution in [0.15, 0.2) is 42.5 Å². The Kier molecular flexibility index (Phi) is 5.05. The van der Waals surface area contributed by atoms with Crippen LogP contribution in [0.3, 0.4) is 0 Å². The molecule has 0 aromatic heterocycles. The van der Waals surface area contributed by atoms with Gasteiger partial charge in [-0.25, -0.2) is 0 Å². The lowest BCUT2D eigenvalue weighted by molar-refractivity contribution is 0.173. The van der Waals surface area contributed by atoms with Crippen molar-refractivity contribution in [1.29, 1.82) is 0 Å². The van der Waals surface area contributed by atoms with Crippen LogP contribution in [-0.2, 0) is 6.42 Å². The summed E-state index contributed by atoms with van der Waals surface area (Å²) in [4.78, 5) is 0. The minimum absolute atomic E-state index is 0.411. The van der Waals surface area contributed by atoms with Gasteiger partial charge in [0.05, 0.1) is 6.10 Å². The van der Waals surface area contributed by atoms with Crippen molar-refractivity contribution in [3.63, 3.8) is 0 Å². The van der Waals surface area contributed by atoms with Crippen LogP contribution in [0.4, 0.5) is 0 Å². The first-order valence-corrected chi connectivity index (χ1v) is 7.26. The summed E-state index contributed by atoms with van der Waals surface area (Å²) in [7, 11) is 0. The van der Waals surface area contributed by atoms with E-state index in [2.05, 4.69) is 6.92 Å². The molecule has 0 saturated carbocycles. The van der Waals surface area contributed by atoms with Crippen LogP contribution in [-0.4, -0.2) is 5.11 Å². The molecule has 20 heavy (non-hydrogen) atoms. The zero-order valence-corrected chi connectivity index (χ0v) is 12.5. The Labute approximate surface area is 125 Å². The second-order valence-corrected chi connectivity index (χ2v) is 5.11. The van der Waals surface area contributed by atoms with Gasteiger partial charge in [-0.15, -0.1) is 0 Å². The number of halogens is 1. The molecule has 0 fully saturated rings. The molecule has 0 unspecified atom stereocenters. The average Bonchev–Trinajstić information content (AvgIpc) is 2.49. The van der Waals surface area contributed by atoms with Gasteiger partial charge in [-0.3, -0.25) is 0 Å². The molecule has 0 saturated heterocycles. The number of rotatable bonds is 5. The quantitative estimate of drug-likeness (QED) is 0.826. The van der Waals surface area contributed by atoms with E-state index in [1.165, 1.54) is 0 Å². The summed E-state index contributed by atoms with van der Waals surface area (Å²) in [5, 5.41) is 10.5. The Bertz CT molecular complexity index is 564. The van der Waals surface area contributed by atoms with Gasteiger partial charge in [0.15, 0.2) is 0 Å². The second kappa shape index (κ2) is 6.78. The van der Waals surface area contributed by atoms with E-state index in [-0.39, 0.29) is 0 Å². The highest BCUT2D eigenvalue weighted by Crippen LogP contribution is 2.28. The molecule has 1 atom stereocenters. The van der Waals surface area contributed by atoms with Gasteiger partial charge < -0.3 is 9.84 Å². The summed E-state index contributed by atoms with van der Waals surface area (Å²) in [5.41, 5.74) is 1.98. The third-order valence-electron chi connectivity index (χ3n) is 3.29. The molecule has 106 valence electrons. The Morgan fingerprint density at radius 1 is 1.05 bits per heavy atom. The predicted molar refractivity (Wildman–Crippen MR) is 82.6 cm³/mol. The van der Waals surface area contributed by atoms with Crippen LogP contribution in [0, 0.1) is 0 Å². The van der Waals surface area contributed by atoms with Crippen molar-refractivity contribution < 1.29 is 9.84 Å². The third kappa shape index (κ3) is 3.53. The third-order valence-corrected chi connectivity index (χ3v) is 3.65. The number of ether oxygens (including phenoxy) is 1. The largest absolute Gasteiger partial charge is 0.457 e. The van der Waals surface area contributed by atoms with Gasteiger partial charge in [0.25, 0.3) is 0 Å². The van der Waals surface area contributed by atoms with E-state index < -0.39 is 6.10 Å². The molecule has 2 aromatic rings. The fraction of sp³-hybridized carbons (Fsp3) is 0.294. The van der Waals surface area contributed by atoms with E-state index in [1.807, 2.05) is 49.4 Å². The first kappa shape index (κ1) is 14.9. The van der Waals surface area contributed by atoms with E-state index >= 15 is 0 Å². The normalized spacial score (nSPS) is 12.2. The van der Waals surface area contributed by atoms with Crippen molar-refractivity contribution in [2.24, 2.45) is 0 Å². The number of aliphatic hydroxyl groups excluding tert-OH is 1. The number of aryl methyl sites for hydroxylation is 1. The molecular weight excluding hydrogens is 272 g/mol. The Morgan fingerprint density at radius 3 is 2.30 bits per heavy atom. The van der Waals surface area contributed by atoms with E-state index in [0.29, 0.717) is 6.42 Å². The SMILES string of the molecule is CCc1cc(Oc2ccc([C@@H](O)CC)cc2)ccc1Cl. The molecule has 0 aliphatic carbocycles. The van der Waals surface area contributed by atoms with Crippen LogP contribution in [0.5, 0.6) is 11.5 Å². The van der Waals surface area contributed by atoms with Crippen molar-refractivity contribution >= 4 is 11.6 Å². The minimum atomic E-state index is -0.411. The molecular formula is C17H19ClO2. The highest BCUT2D eigenvalue weighted by atomic mass is 35.5. The summed E-state index contributed by atoms with van der Waals surface area (Å²) in [6, 6.07) is 13.2. The molecule has 1 N–H and O–H groups in total. The minimum Gasteiger partial charge on any atom is -0.457 e. The van der Waals surface area contributed by atoms with Crippen LogP contribution < -0.4 is 4.74 Å². The van der Waals surface area contributed by atoms with Crippen molar-refractivity contribution in [2.75, 3.05) is 0 Å². The summed E-state index contributed by atoms with van der Waals surface area (Å²) in [6.45, 7) is 4.01. The van der Waals surface area contributed by atoms with E-state index in [1.54, 1.807) is 0 Å². The summed E-state index contributed by atoms with van der Waals surface area (Å²) >= 11 is 6.09. The Balaban J connectivity index is 2.14. The smallest absolute Gasteiger partial charge is 0.127 e. The van der Waals surface area contributed by atoms with Crippen molar-refractivity contribution in [3.8, 4) is 11.5 Å². The van der Waals surface area contributed by atoms with Gasteiger partial charge in [-0.2, -0.15) is 0 Å². The number of hydrogen-bond donors (Lipinski definition) is 1. The Morgan fingerprint density at radius 2 is 1.70 bits per heavy atom. The van der Waals surface area contributed by atoms with Gasteiger partial charge >= 0.3 is 0 Å². The van der Waals surface area contributed by atoms with Crippen molar-refractivity contribution in [3.05, 3.63) is 58.6 Å². The molecule has 0 radical (unpaired) electrons. The fourth-order valence-corrected chi connectivity index (χ4v) is 2.27. The van der Waals surface area contributed by atoms with Crippen LogP contribution in [0.25, 0.3) is 0 Å². The number of hydrogen-bond acceptors (Lipinski definition) is 2. The first-order chi connectivity index (χ1) is 9.63. The molecule has 0 heterocycles. The van der Waals surface area contributed by atoms with Crippen LogP contribution in [0.2, 0.25) is 5.02 Å². The second-order valence-electron chi connectivity index (χ2n) is 4.70. The lowest BCUT2D eigenvalue weighted by Crippen LogP contribution is -1.94. The van der Waals surface area contributed by atoms with E-state index in [9.17, 15) is 5.11 Å². The Hall–Kier alpha value is -1.51. The van der Waals surface area contributed by atoms with Gasteiger partial charge in [0.1, 0.15) is 11.5 Å². The summed E-state index contributed by atoms with van der Waals surface area (Å²) in [6.07, 6.45) is 1.17. The molecule has 3 heteroatoms. The molecule has 0 aliphatic rings. The van der Waals surface area contributed by atoms with Gasteiger partial charge in [-0.1, -0.05) is 37.6 Å². The monoisotopic (exact) mass is 290 g/mol.